The Hall–Kier alpha value is -2.64. The van der Waals surface area contributed by atoms with Gasteiger partial charge in [0.2, 0.25) is 0 Å². The van der Waals surface area contributed by atoms with E-state index >= 15 is 0 Å². The number of quaternary nitrogens is 1. The fraction of sp³-hybridized carbons (Fsp3) is 0.474. The second-order valence-corrected chi connectivity index (χ2v) is 11.6. The molecule has 0 aliphatic carbocycles. The number of benzene rings is 3. The van der Waals surface area contributed by atoms with Crippen molar-refractivity contribution in [2.75, 3.05) is 6.54 Å². The molecule has 0 aromatic heterocycles. The van der Waals surface area contributed by atoms with Crippen LogP contribution in [-0.2, 0) is 19.6 Å². The van der Waals surface area contributed by atoms with Gasteiger partial charge in [0.15, 0.2) is 0 Å². The van der Waals surface area contributed by atoms with Crippen molar-refractivity contribution in [3.05, 3.63) is 120 Å². The third kappa shape index (κ3) is 13.3. The maximum absolute atomic E-state index is 2.45. The van der Waals surface area contributed by atoms with Crippen LogP contribution in [-0.4, -0.2) is 11.0 Å². The van der Waals surface area contributed by atoms with Crippen LogP contribution < -0.4 is 0 Å². The van der Waals surface area contributed by atoms with E-state index in [4.69, 9.17) is 0 Å². The predicted octanol–water partition coefficient (Wildman–Crippen LogP) is 11.1. The average molecular weight is 525 g/mol. The average Bonchev–Trinajstić information content (AvgIpc) is 2.97. The molecule has 0 N–H and O–H groups in total. The van der Waals surface area contributed by atoms with Gasteiger partial charge in [-0.1, -0.05) is 161 Å². The summed E-state index contributed by atoms with van der Waals surface area (Å²) < 4.78 is 1.07. The van der Waals surface area contributed by atoms with E-state index in [1.165, 1.54) is 107 Å². The van der Waals surface area contributed by atoms with Crippen LogP contribution >= 0.6 is 0 Å². The summed E-state index contributed by atoms with van der Waals surface area (Å²) in [6, 6.07) is 33.3. The van der Waals surface area contributed by atoms with Crippen molar-refractivity contribution in [1.82, 2.24) is 0 Å². The Morgan fingerprint density at radius 1 is 0.436 bits per heavy atom. The molecule has 0 saturated heterocycles. The number of allylic oxidation sites excluding steroid dienone is 2. The standard InChI is InChI=1S/C38H54N/c1-2-3-4-5-6-7-8-9-10-11-12-13-14-15-25-32-39(33-36-26-19-16-20-27-36,34-37-28-21-17-22-29-37)35-38-30-23-18-24-31-38/h12-13,16-24,26-31H,2-11,14-15,25,32-35H2,1H3/q+1/b13-12+. The van der Waals surface area contributed by atoms with Crippen LogP contribution in [0.4, 0.5) is 0 Å². The predicted molar refractivity (Wildman–Crippen MR) is 170 cm³/mol. The molecule has 0 spiro atoms. The normalized spacial score (nSPS) is 11.8. The van der Waals surface area contributed by atoms with E-state index in [0.717, 1.165) is 24.1 Å². The van der Waals surface area contributed by atoms with Crippen molar-refractivity contribution in [1.29, 1.82) is 0 Å². The van der Waals surface area contributed by atoms with E-state index in [1.54, 1.807) is 0 Å². The van der Waals surface area contributed by atoms with Gasteiger partial charge in [0.25, 0.3) is 0 Å². The van der Waals surface area contributed by atoms with Crippen LogP contribution in [0.25, 0.3) is 0 Å². The van der Waals surface area contributed by atoms with Crippen molar-refractivity contribution in [3.8, 4) is 0 Å². The summed E-state index contributed by atoms with van der Waals surface area (Å²) in [6.07, 6.45) is 22.6. The fourth-order valence-corrected chi connectivity index (χ4v) is 5.83. The molecule has 3 aromatic rings. The third-order valence-corrected chi connectivity index (χ3v) is 7.98. The lowest BCUT2D eigenvalue weighted by Crippen LogP contribution is -2.46. The fourth-order valence-electron chi connectivity index (χ4n) is 5.83. The van der Waals surface area contributed by atoms with Gasteiger partial charge in [-0.3, -0.25) is 0 Å². The molecule has 0 atom stereocenters. The van der Waals surface area contributed by atoms with Crippen molar-refractivity contribution in [3.63, 3.8) is 0 Å². The number of rotatable bonds is 21. The van der Waals surface area contributed by atoms with E-state index in [9.17, 15) is 0 Å². The minimum absolute atomic E-state index is 1.07. The molecule has 0 amide bonds. The lowest BCUT2D eigenvalue weighted by atomic mass is 10.0. The molecule has 0 aliphatic rings. The van der Waals surface area contributed by atoms with Crippen LogP contribution in [0.3, 0.4) is 0 Å². The second kappa shape index (κ2) is 19.4. The molecule has 210 valence electrons. The Bertz CT molecular complexity index is 891. The highest BCUT2D eigenvalue weighted by atomic mass is 15.3. The summed E-state index contributed by atoms with van der Waals surface area (Å²) in [4.78, 5) is 0. The molecule has 3 aromatic carbocycles. The van der Waals surface area contributed by atoms with Crippen molar-refractivity contribution < 1.29 is 4.48 Å². The lowest BCUT2D eigenvalue weighted by Gasteiger charge is -2.39. The van der Waals surface area contributed by atoms with Gasteiger partial charge in [-0.2, -0.15) is 0 Å². The molecule has 0 saturated carbocycles. The maximum Gasteiger partial charge on any atom is 0.105 e. The van der Waals surface area contributed by atoms with Gasteiger partial charge in [-0.25, -0.2) is 0 Å². The Kier molecular flexibility index (Phi) is 15.4. The zero-order valence-corrected chi connectivity index (χ0v) is 24.8. The van der Waals surface area contributed by atoms with Crippen LogP contribution in [0.1, 0.15) is 107 Å². The van der Waals surface area contributed by atoms with E-state index in [2.05, 4.69) is 110 Å². The van der Waals surface area contributed by atoms with Crippen molar-refractivity contribution in [2.45, 2.75) is 110 Å². The summed E-state index contributed by atoms with van der Waals surface area (Å²) in [6.45, 7) is 6.70. The Morgan fingerprint density at radius 3 is 1.21 bits per heavy atom. The molecule has 0 fully saturated rings. The zero-order valence-electron chi connectivity index (χ0n) is 24.8. The maximum atomic E-state index is 2.45. The van der Waals surface area contributed by atoms with Crippen molar-refractivity contribution >= 4 is 0 Å². The highest BCUT2D eigenvalue weighted by molar-refractivity contribution is 5.17. The molecule has 0 aliphatic heterocycles. The highest BCUT2D eigenvalue weighted by Gasteiger charge is 2.28. The molecular formula is C38H54N+. The monoisotopic (exact) mass is 524 g/mol. The third-order valence-electron chi connectivity index (χ3n) is 7.98. The first-order valence-corrected chi connectivity index (χ1v) is 15.9. The summed E-state index contributed by atoms with van der Waals surface area (Å²) in [5, 5.41) is 0. The number of nitrogens with zero attached hydrogens (tertiary/aromatic N) is 1. The summed E-state index contributed by atoms with van der Waals surface area (Å²) >= 11 is 0. The number of hydrogen-bond donors (Lipinski definition) is 0. The van der Waals surface area contributed by atoms with E-state index < -0.39 is 0 Å². The van der Waals surface area contributed by atoms with Crippen LogP contribution in [0.2, 0.25) is 0 Å². The largest absolute Gasteiger partial charge is 0.312 e. The van der Waals surface area contributed by atoms with E-state index in [-0.39, 0.29) is 0 Å². The van der Waals surface area contributed by atoms with Gasteiger partial charge in [-0.05, 0) is 32.1 Å². The molecule has 0 heterocycles. The molecule has 1 heteroatoms. The van der Waals surface area contributed by atoms with Crippen LogP contribution in [0, 0.1) is 0 Å². The summed E-state index contributed by atoms with van der Waals surface area (Å²) in [5.74, 6) is 0. The smallest absolute Gasteiger partial charge is 0.105 e. The summed E-state index contributed by atoms with van der Waals surface area (Å²) in [7, 11) is 0. The van der Waals surface area contributed by atoms with Gasteiger partial charge in [0, 0.05) is 16.7 Å². The zero-order chi connectivity index (χ0) is 27.3. The van der Waals surface area contributed by atoms with Crippen LogP contribution in [0.5, 0.6) is 0 Å². The summed E-state index contributed by atoms with van der Waals surface area (Å²) in [5.41, 5.74) is 4.31. The quantitative estimate of drug-likeness (QED) is 0.0738. The Balaban J connectivity index is 1.49. The Morgan fingerprint density at radius 2 is 0.795 bits per heavy atom. The Labute approximate surface area is 240 Å². The van der Waals surface area contributed by atoms with Gasteiger partial charge < -0.3 is 4.48 Å². The molecular weight excluding hydrogens is 470 g/mol. The van der Waals surface area contributed by atoms with Gasteiger partial charge in [-0.15, -0.1) is 0 Å². The molecule has 3 rings (SSSR count). The molecule has 39 heavy (non-hydrogen) atoms. The first-order valence-electron chi connectivity index (χ1n) is 15.9. The number of hydrogen-bond acceptors (Lipinski definition) is 0. The topological polar surface area (TPSA) is 0 Å². The van der Waals surface area contributed by atoms with Gasteiger partial charge in [0.1, 0.15) is 19.6 Å². The van der Waals surface area contributed by atoms with E-state index in [0.29, 0.717) is 0 Å². The second-order valence-electron chi connectivity index (χ2n) is 11.6. The SMILES string of the molecule is CCCCCCCCCCC/C=C/CCCC[N+](Cc1ccccc1)(Cc1ccccc1)Cc1ccccc1. The lowest BCUT2D eigenvalue weighted by molar-refractivity contribution is -0.966. The number of unbranched alkanes of at least 4 members (excludes halogenated alkanes) is 11. The molecule has 0 unspecified atom stereocenters. The highest BCUT2D eigenvalue weighted by Crippen LogP contribution is 2.25. The van der Waals surface area contributed by atoms with E-state index in [1.807, 2.05) is 0 Å². The first-order chi connectivity index (χ1) is 19.3. The van der Waals surface area contributed by atoms with Gasteiger partial charge in [0.05, 0.1) is 6.54 Å². The van der Waals surface area contributed by atoms with Crippen LogP contribution in [0.15, 0.2) is 103 Å². The van der Waals surface area contributed by atoms with Crippen molar-refractivity contribution in [2.24, 2.45) is 0 Å². The molecule has 1 nitrogen and oxygen atoms in total. The molecule has 0 radical (unpaired) electrons. The van der Waals surface area contributed by atoms with Gasteiger partial charge >= 0.3 is 0 Å². The first kappa shape index (κ1) is 30.9. The minimum Gasteiger partial charge on any atom is -0.312 e. The minimum atomic E-state index is 1.07. The molecule has 0 bridgehead atoms.